The lowest BCUT2D eigenvalue weighted by atomic mass is 10.1. The highest BCUT2D eigenvalue weighted by atomic mass is 32.2. The maximum atomic E-state index is 12.2. The Kier molecular flexibility index (Phi) is 8.83. The number of Topliss-reactive ketones (excluding diaryl/α,β-unsaturated/α-hetero) is 1. The lowest BCUT2D eigenvalue weighted by Crippen LogP contribution is -2.28. The normalized spacial score (nSPS) is 11.9. The number of carbonyl (C=O) groups excluding carboxylic acids is 2. The van der Waals surface area contributed by atoms with Gasteiger partial charge in [0.25, 0.3) is 5.78 Å². The molecule has 1 atom stereocenters. The van der Waals surface area contributed by atoms with Crippen LogP contribution in [0.1, 0.15) is 46.0 Å². The van der Waals surface area contributed by atoms with Crippen LogP contribution in [-0.2, 0) is 14.3 Å². The minimum absolute atomic E-state index is 0.239. The summed E-state index contributed by atoms with van der Waals surface area (Å²) in [7, 11) is 0. The molecule has 0 spiro atoms. The third-order valence-corrected chi connectivity index (χ3v) is 4.39. The molecule has 1 unspecified atom stereocenters. The number of ether oxygens (including phenoxy) is 1. The summed E-state index contributed by atoms with van der Waals surface area (Å²) >= 11 is 1.46. The van der Waals surface area contributed by atoms with Gasteiger partial charge in [0.2, 0.25) is 0 Å². The van der Waals surface area contributed by atoms with Crippen molar-refractivity contribution in [1.29, 1.82) is 0 Å². The van der Waals surface area contributed by atoms with Crippen LogP contribution in [0.25, 0.3) is 0 Å². The highest BCUT2D eigenvalue weighted by Crippen LogP contribution is 2.27. The van der Waals surface area contributed by atoms with Gasteiger partial charge in [0, 0.05) is 4.90 Å². The van der Waals surface area contributed by atoms with E-state index in [-0.39, 0.29) is 11.9 Å². The Labute approximate surface area is 131 Å². The van der Waals surface area contributed by atoms with Gasteiger partial charge in [-0.15, -0.1) is 11.8 Å². The Morgan fingerprint density at radius 1 is 1.10 bits per heavy atom. The number of unbranched alkanes of at least 4 members (excludes halogenated alkanes) is 3. The summed E-state index contributed by atoms with van der Waals surface area (Å²) in [5, 5.41) is -0.344. The van der Waals surface area contributed by atoms with Crippen molar-refractivity contribution >= 4 is 23.5 Å². The van der Waals surface area contributed by atoms with Crippen LogP contribution in [0.5, 0.6) is 0 Å². The molecule has 0 aliphatic heterocycles. The van der Waals surface area contributed by atoms with Gasteiger partial charge < -0.3 is 4.74 Å². The number of hydrogen-bond donors (Lipinski definition) is 0. The first kappa shape index (κ1) is 17.8. The van der Waals surface area contributed by atoms with Gasteiger partial charge in [-0.1, -0.05) is 50.8 Å². The van der Waals surface area contributed by atoms with Crippen molar-refractivity contribution in [3.05, 3.63) is 30.3 Å². The number of carbonyl (C=O) groups is 2. The summed E-state index contributed by atoms with van der Waals surface area (Å²) < 4.78 is 4.85. The maximum Gasteiger partial charge on any atom is 0.375 e. The monoisotopic (exact) mass is 308 g/mol. The molecule has 0 aliphatic carbocycles. The summed E-state index contributed by atoms with van der Waals surface area (Å²) in [4.78, 5) is 24.9. The third kappa shape index (κ3) is 6.80. The van der Waals surface area contributed by atoms with E-state index in [9.17, 15) is 9.59 Å². The van der Waals surface area contributed by atoms with Gasteiger partial charge >= 0.3 is 5.97 Å². The van der Waals surface area contributed by atoms with Crippen LogP contribution < -0.4 is 0 Å². The molecule has 0 aromatic heterocycles. The molecule has 0 N–H and O–H groups in total. The van der Waals surface area contributed by atoms with E-state index in [1.54, 1.807) is 6.92 Å². The first-order valence-corrected chi connectivity index (χ1v) is 8.49. The topological polar surface area (TPSA) is 43.4 Å². The highest BCUT2D eigenvalue weighted by Gasteiger charge is 2.27. The Balaban J connectivity index is 2.64. The van der Waals surface area contributed by atoms with Crippen molar-refractivity contribution < 1.29 is 14.3 Å². The summed E-state index contributed by atoms with van der Waals surface area (Å²) in [5.41, 5.74) is 0. The quantitative estimate of drug-likeness (QED) is 0.280. The first-order valence-electron chi connectivity index (χ1n) is 7.61. The van der Waals surface area contributed by atoms with E-state index in [2.05, 4.69) is 6.92 Å². The molecule has 0 bridgehead atoms. The second-order valence-corrected chi connectivity index (χ2v) is 6.13. The Bertz CT molecular complexity index is 431. The zero-order valence-electron chi connectivity index (χ0n) is 12.8. The number of benzene rings is 1. The summed E-state index contributed by atoms with van der Waals surface area (Å²) in [6, 6.07) is 9.73. The van der Waals surface area contributed by atoms with Crippen LogP contribution in [0.2, 0.25) is 0 Å². The minimum Gasteiger partial charge on any atom is -0.460 e. The first-order chi connectivity index (χ1) is 10.2. The van der Waals surface area contributed by atoms with Crippen molar-refractivity contribution in [3.63, 3.8) is 0 Å². The van der Waals surface area contributed by atoms with Crippen molar-refractivity contribution in [3.8, 4) is 0 Å². The minimum atomic E-state index is -0.707. The largest absolute Gasteiger partial charge is 0.460 e. The molecular weight excluding hydrogens is 284 g/mol. The average Bonchev–Trinajstić information content (AvgIpc) is 2.51. The van der Waals surface area contributed by atoms with Crippen molar-refractivity contribution in [2.24, 2.45) is 0 Å². The predicted molar refractivity (Wildman–Crippen MR) is 86.5 cm³/mol. The molecule has 0 saturated heterocycles. The fourth-order valence-corrected chi connectivity index (χ4v) is 3.13. The van der Waals surface area contributed by atoms with Crippen molar-refractivity contribution in [2.75, 3.05) is 6.61 Å². The second-order valence-electron chi connectivity index (χ2n) is 4.85. The molecule has 3 nitrogen and oxygen atoms in total. The lowest BCUT2D eigenvalue weighted by molar-refractivity contribution is -0.153. The molecule has 0 amide bonds. The Morgan fingerprint density at radius 2 is 1.81 bits per heavy atom. The van der Waals surface area contributed by atoms with E-state index < -0.39 is 11.8 Å². The molecule has 116 valence electrons. The standard InChI is InChI=1S/C17H24O3S/c1-3-5-6-10-13-15(16(18)17(19)20-4-2)21-14-11-8-7-9-12-14/h7-9,11-12,15H,3-6,10,13H2,1-2H3. The van der Waals surface area contributed by atoms with Gasteiger partial charge in [0.15, 0.2) is 0 Å². The van der Waals surface area contributed by atoms with Gasteiger partial charge in [0.1, 0.15) is 0 Å². The zero-order chi connectivity index (χ0) is 15.5. The molecule has 0 heterocycles. The van der Waals surface area contributed by atoms with Crippen LogP contribution in [-0.4, -0.2) is 23.6 Å². The summed E-state index contributed by atoms with van der Waals surface area (Å²) in [6.07, 6.45) is 5.10. The molecule has 4 heteroatoms. The number of ketones is 1. The predicted octanol–water partition coefficient (Wildman–Crippen LogP) is 4.25. The van der Waals surface area contributed by atoms with Gasteiger partial charge in [0.05, 0.1) is 11.9 Å². The SMILES string of the molecule is CCCCCCC(Sc1ccccc1)C(=O)C(=O)OCC. The molecule has 21 heavy (non-hydrogen) atoms. The fraction of sp³-hybridized carbons (Fsp3) is 0.529. The van der Waals surface area contributed by atoms with Gasteiger partial charge in [-0.3, -0.25) is 4.79 Å². The van der Waals surface area contributed by atoms with E-state index in [1.807, 2.05) is 30.3 Å². The van der Waals surface area contributed by atoms with E-state index in [4.69, 9.17) is 4.74 Å². The maximum absolute atomic E-state index is 12.2. The number of hydrogen-bond acceptors (Lipinski definition) is 4. The highest BCUT2D eigenvalue weighted by molar-refractivity contribution is 8.00. The van der Waals surface area contributed by atoms with Crippen LogP contribution >= 0.6 is 11.8 Å². The molecule has 0 saturated carbocycles. The molecule has 0 fully saturated rings. The van der Waals surface area contributed by atoms with E-state index in [0.29, 0.717) is 0 Å². The van der Waals surface area contributed by atoms with Crippen molar-refractivity contribution in [1.82, 2.24) is 0 Å². The second kappa shape index (κ2) is 10.4. The molecule has 0 aliphatic rings. The Morgan fingerprint density at radius 3 is 2.43 bits per heavy atom. The third-order valence-electron chi connectivity index (χ3n) is 3.11. The Hall–Kier alpha value is -1.29. The number of rotatable bonds is 10. The summed E-state index contributed by atoms with van der Waals surface area (Å²) in [6.45, 7) is 4.11. The van der Waals surface area contributed by atoms with Gasteiger partial charge in [-0.2, -0.15) is 0 Å². The zero-order valence-corrected chi connectivity index (χ0v) is 13.7. The van der Waals surface area contributed by atoms with Crippen LogP contribution in [0.15, 0.2) is 35.2 Å². The molecule has 1 aromatic rings. The lowest BCUT2D eigenvalue weighted by Gasteiger charge is -2.14. The van der Waals surface area contributed by atoms with Crippen LogP contribution in [0.3, 0.4) is 0 Å². The summed E-state index contributed by atoms with van der Waals surface area (Å²) in [5.74, 6) is -1.12. The molecule has 1 aromatic carbocycles. The van der Waals surface area contributed by atoms with Crippen LogP contribution in [0.4, 0.5) is 0 Å². The average molecular weight is 308 g/mol. The molecular formula is C17H24O3S. The molecule has 1 rings (SSSR count). The van der Waals surface area contributed by atoms with Crippen molar-refractivity contribution in [2.45, 2.75) is 56.1 Å². The smallest absolute Gasteiger partial charge is 0.375 e. The van der Waals surface area contributed by atoms with E-state index >= 15 is 0 Å². The van der Waals surface area contributed by atoms with Crippen LogP contribution in [0, 0.1) is 0 Å². The fourth-order valence-electron chi connectivity index (χ4n) is 2.00. The number of thioether (sulfide) groups is 1. The van der Waals surface area contributed by atoms with Gasteiger partial charge in [-0.25, -0.2) is 4.79 Å². The van der Waals surface area contributed by atoms with E-state index in [0.717, 1.165) is 37.0 Å². The van der Waals surface area contributed by atoms with E-state index in [1.165, 1.54) is 11.8 Å². The van der Waals surface area contributed by atoms with Gasteiger partial charge in [-0.05, 0) is 25.5 Å². The number of esters is 1. The molecule has 0 radical (unpaired) electrons.